The molecule has 0 aliphatic rings. The number of ether oxygens (including phenoxy) is 2. The monoisotopic (exact) mass is 230 g/mol. The van der Waals surface area contributed by atoms with Crippen molar-refractivity contribution in [1.82, 2.24) is 0 Å². The summed E-state index contributed by atoms with van der Waals surface area (Å²) in [6.07, 6.45) is 12.3. The van der Waals surface area contributed by atoms with E-state index >= 15 is 0 Å². The molecule has 0 atom stereocenters. The van der Waals surface area contributed by atoms with E-state index in [2.05, 4.69) is 6.92 Å². The number of rotatable bonds is 13. The Morgan fingerprint density at radius 3 is 1.75 bits per heavy atom. The van der Waals surface area contributed by atoms with Gasteiger partial charge < -0.3 is 9.47 Å². The second-order valence-corrected chi connectivity index (χ2v) is 4.43. The van der Waals surface area contributed by atoms with Crippen molar-refractivity contribution in [3.05, 3.63) is 0 Å². The molecule has 0 aromatic heterocycles. The van der Waals surface area contributed by atoms with Crippen molar-refractivity contribution in [2.45, 2.75) is 64.7 Å². The molecule has 0 saturated heterocycles. The van der Waals surface area contributed by atoms with Crippen molar-refractivity contribution in [2.24, 2.45) is 0 Å². The van der Waals surface area contributed by atoms with Crippen LogP contribution in [0, 0.1) is 0 Å². The molecule has 0 saturated carbocycles. The maximum atomic E-state index is 5.41. The van der Waals surface area contributed by atoms with Gasteiger partial charge in [0.25, 0.3) is 0 Å². The predicted molar refractivity (Wildman–Crippen MR) is 69.9 cm³/mol. The van der Waals surface area contributed by atoms with Crippen LogP contribution in [0.1, 0.15) is 64.7 Å². The Morgan fingerprint density at radius 2 is 1.19 bits per heavy atom. The molecule has 0 amide bonds. The smallest absolute Gasteiger partial charge is 0.0700 e. The van der Waals surface area contributed by atoms with Crippen LogP contribution in [0.5, 0.6) is 0 Å². The van der Waals surface area contributed by atoms with Gasteiger partial charge in [-0.25, -0.2) is 0 Å². The highest BCUT2D eigenvalue weighted by molar-refractivity contribution is 4.46. The maximum absolute atomic E-state index is 5.41. The molecule has 0 fully saturated rings. The van der Waals surface area contributed by atoms with Crippen molar-refractivity contribution >= 4 is 0 Å². The largest absolute Gasteiger partial charge is 0.382 e. The molecule has 0 aromatic rings. The molecule has 2 nitrogen and oxygen atoms in total. The lowest BCUT2D eigenvalue weighted by molar-refractivity contribution is 0.0685. The lowest BCUT2D eigenvalue weighted by atomic mass is 10.1. The Morgan fingerprint density at radius 1 is 0.625 bits per heavy atom. The van der Waals surface area contributed by atoms with Gasteiger partial charge in [0.2, 0.25) is 0 Å². The van der Waals surface area contributed by atoms with Crippen molar-refractivity contribution in [3.63, 3.8) is 0 Å². The second-order valence-electron chi connectivity index (χ2n) is 4.43. The molecular weight excluding hydrogens is 200 g/mol. The first-order valence-electron chi connectivity index (χ1n) is 6.98. The van der Waals surface area contributed by atoms with Crippen LogP contribution in [-0.2, 0) is 9.47 Å². The number of methoxy groups -OCH3 is 1. The predicted octanol–water partition coefficient (Wildman–Crippen LogP) is 4.18. The first kappa shape index (κ1) is 15.9. The average Bonchev–Trinajstić information content (AvgIpc) is 2.31. The molecule has 0 unspecified atom stereocenters. The minimum absolute atomic E-state index is 0.720. The number of unbranched alkanes of at least 4 members (excludes halogenated alkanes) is 8. The molecule has 0 heterocycles. The van der Waals surface area contributed by atoms with E-state index in [1.54, 1.807) is 7.11 Å². The first-order valence-corrected chi connectivity index (χ1v) is 6.98. The van der Waals surface area contributed by atoms with Crippen LogP contribution in [-0.4, -0.2) is 26.9 Å². The average molecular weight is 230 g/mol. The summed E-state index contributed by atoms with van der Waals surface area (Å²) in [5.41, 5.74) is 0. The third kappa shape index (κ3) is 13.9. The molecular formula is C14H30O2. The normalized spacial score (nSPS) is 10.9. The molecule has 0 spiro atoms. The molecule has 98 valence electrons. The third-order valence-electron chi connectivity index (χ3n) is 2.82. The number of hydrogen-bond donors (Lipinski definition) is 0. The van der Waals surface area contributed by atoms with Gasteiger partial charge in [-0.2, -0.15) is 0 Å². The van der Waals surface area contributed by atoms with Gasteiger partial charge >= 0.3 is 0 Å². The van der Waals surface area contributed by atoms with Crippen LogP contribution in [0.25, 0.3) is 0 Å². The van der Waals surface area contributed by atoms with E-state index in [-0.39, 0.29) is 0 Å². The zero-order valence-electron chi connectivity index (χ0n) is 11.3. The van der Waals surface area contributed by atoms with E-state index in [0.717, 1.165) is 19.8 Å². The van der Waals surface area contributed by atoms with E-state index in [0.29, 0.717) is 0 Å². The Kier molecular flexibility index (Phi) is 14.8. The van der Waals surface area contributed by atoms with Gasteiger partial charge in [0.05, 0.1) is 13.2 Å². The fourth-order valence-electron chi connectivity index (χ4n) is 1.76. The molecule has 0 aliphatic heterocycles. The molecule has 2 heteroatoms. The van der Waals surface area contributed by atoms with Crippen molar-refractivity contribution in [1.29, 1.82) is 0 Å². The zero-order chi connectivity index (χ0) is 11.9. The van der Waals surface area contributed by atoms with Crippen LogP contribution >= 0.6 is 0 Å². The van der Waals surface area contributed by atoms with E-state index < -0.39 is 0 Å². The molecule has 0 radical (unpaired) electrons. The van der Waals surface area contributed by atoms with Crippen LogP contribution in [0.4, 0.5) is 0 Å². The second kappa shape index (κ2) is 14.9. The van der Waals surface area contributed by atoms with Gasteiger partial charge in [-0.1, -0.05) is 58.3 Å². The minimum Gasteiger partial charge on any atom is -0.382 e. The highest BCUT2D eigenvalue weighted by Crippen LogP contribution is 2.09. The van der Waals surface area contributed by atoms with Crippen LogP contribution in [0.3, 0.4) is 0 Å². The lowest BCUT2D eigenvalue weighted by Gasteiger charge is -2.03. The molecule has 0 bridgehead atoms. The van der Waals surface area contributed by atoms with Crippen LogP contribution in [0.2, 0.25) is 0 Å². The maximum Gasteiger partial charge on any atom is 0.0700 e. The Hall–Kier alpha value is -0.0800. The van der Waals surface area contributed by atoms with Gasteiger partial charge in [-0.05, 0) is 6.42 Å². The summed E-state index contributed by atoms with van der Waals surface area (Å²) in [5.74, 6) is 0. The van der Waals surface area contributed by atoms with Gasteiger partial charge in [-0.15, -0.1) is 0 Å². The summed E-state index contributed by atoms with van der Waals surface area (Å²) in [7, 11) is 1.71. The van der Waals surface area contributed by atoms with Crippen molar-refractivity contribution in [2.75, 3.05) is 26.9 Å². The van der Waals surface area contributed by atoms with E-state index in [9.17, 15) is 0 Å². The Bertz CT molecular complexity index is 101. The molecule has 0 rings (SSSR count). The first-order chi connectivity index (χ1) is 7.91. The van der Waals surface area contributed by atoms with Crippen molar-refractivity contribution < 1.29 is 9.47 Å². The van der Waals surface area contributed by atoms with E-state index in [1.165, 1.54) is 57.8 Å². The fourth-order valence-corrected chi connectivity index (χ4v) is 1.76. The third-order valence-corrected chi connectivity index (χ3v) is 2.82. The standard InChI is InChI=1S/C14H30O2/c1-3-4-5-6-7-8-9-10-11-12-16-14-13-15-2/h3-14H2,1-2H3. The SMILES string of the molecule is CCCCCCCCCCCOCCOC. The van der Waals surface area contributed by atoms with Gasteiger partial charge in [-0.3, -0.25) is 0 Å². The summed E-state index contributed by atoms with van der Waals surface area (Å²) in [4.78, 5) is 0. The van der Waals surface area contributed by atoms with Crippen molar-refractivity contribution in [3.8, 4) is 0 Å². The molecule has 0 aliphatic carbocycles. The molecule has 0 N–H and O–H groups in total. The summed E-state index contributed by atoms with van der Waals surface area (Å²) in [5, 5.41) is 0. The van der Waals surface area contributed by atoms with Crippen LogP contribution < -0.4 is 0 Å². The zero-order valence-corrected chi connectivity index (χ0v) is 11.3. The highest BCUT2D eigenvalue weighted by atomic mass is 16.5. The van der Waals surface area contributed by atoms with Crippen LogP contribution in [0.15, 0.2) is 0 Å². The van der Waals surface area contributed by atoms with Gasteiger partial charge in [0.15, 0.2) is 0 Å². The minimum atomic E-state index is 0.720. The topological polar surface area (TPSA) is 18.5 Å². The summed E-state index contributed by atoms with van der Waals surface area (Å²) in [6.45, 7) is 4.63. The summed E-state index contributed by atoms with van der Waals surface area (Å²) >= 11 is 0. The quantitative estimate of drug-likeness (QED) is 0.442. The number of hydrogen-bond acceptors (Lipinski definition) is 2. The van der Waals surface area contributed by atoms with Gasteiger partial charge in [0, 0.05) is 13.7 Å². The molecule has 0 aromatic carbocycles. The Labute approximate surface area is 102 Å². The van der Waals surface area contributed by atoms with E-state index in [1.807, 2.05) is 0 Å². The summed E-state index contributed by atoms with van der Waals surface area (Å²) in [6, 6.07) is 0. The molecule has 16 heavy (non-hydrogen) atoms. The summed E-state index contributed by atoms with van der Waals surface area (Å²) < 4.78 is 10.3. The highest BCUT2D eigenvalue weighted by Gasteiger charge is 1.92. The lowest BCUT2D eigenvalue weighted by Crippen LogP contribution is -2.02. The Balaban J connectivity index is 2.83. The van der Waals surface area contributed by atoms with E-state index in [4.69, 9.17) is 9.47 Å². The fraction of sp³-hybridized carbons (Fsp3) is 1.00. The van der Waals surface area contributed by atoms with Gasteiger partial charge in [0.1, 0.15) is 0 Å².